The molecule has 0 aliphatic rings. The average molecular weight is 367 g/mol. The van der Waals surface area contributed by atoms with Gasteiger partial charge in [0, 0.05) is 17.4 Å². The molecule has 0 amide bonds. The second-order valence-electron chi connectivity index (χ2n) is 7.98. The molecule has 0 saturated carbocycles. The van der Waals surface area contributed by atoms with Gasteiger partial charge in [-0.1, -0.05) is 77.4 Å². The van der Waals surface area contributed by atoms with Gasteiger partial charge in [-0.2, -0.15) is 0 Å². The average Bonchev–Trinajstić information content (AvgIpc) is 2.57. The number of carbonyl (C=O) groups is 2. The Morgan fingerprint density at radius 3 is 1.58 bits per heavy atom. The number of hydrogen-bond acceptors (Lipinski definition) is 4. The smallest absolute Gasteiger partial charge is 0.0470 e. The molecule has 152 valence electrons. The Labute approximate surface area is 160 Å². The van der Waals surface area contributed by atoms with Crippen LogP contribution < -0.4 is 10.2 Å². The van der Waals surface area contributed by atoms with Gasteiger partial charge >= 0.3 is 0 Å². The van der Waals surface area contributed by atoms with Gasteiger partial charge in [0.25, 0.3) is 0 Å². The molecule has 0 unspecified atom stereocenters. The number of unbranched alkanes of at least 4 members (excludes halogenated alkanes) is 11. The summed E-state index contributed by atoms with van der Waals surface area (Å²) in [6.45, 7) is 3.48. The van der Waals surface area contributed by atoms with E-state index >= 15 is 0 Å². The quantitative estimate of drug-likeness (QED) is 0.272. The number of carbonyl (C=O) groups excluding carboxylic acids is 2. The van der Waals surface area contributed by atoms with E-state index in [0.29, 0.717) is 6.42 Å². The van der Waals surface area contributed by atoms with E-state index in [2.05, 4.69) is 12.2 Å². The van der Waals surface area contributed by atoms with Crippen molar-refractivity contribution in [3.63, 3.8) is 0 Å². The van der Waals surface area contributed by atoms with Gasteiger partial charge in [0.15, 0.2) is 0 Å². The summed E-state index contributed by atoms with van der Waals surface area (Å²) in [6.07, 6.45) is 19.9. The number of hydrogen-bond donors (Lipinski definition) is 0. The van der Waals surface area contributed by atoms with E-state index in [0.717, 1.165) is 44.9 Å². The van der Waals surface area contributed by atoms with Crippen LogP contribution in [-0.2, 0) is 9.59 Å². The van der Waals surface area contributed by atoms with Crippen molar-refractivity contribution in [1.82, 2.24) is 0 Å². The minimum Gasteiger partial charge on any atom is -0.550 e. The molecular weight excluding hydrogens is 328 g/mol. The second-order valence-corrected chi connectivity index (χ2v) is 7.98. The van der Waals surface area contributed by atoms with Gasteiger partial charge in [-0.05, 0) is 44.9 Å². The molecule has 0 aliphatic carbocycles. The van der Waals surface area contributed by atoms with Crippen LogP contribution in [0.25, 0.3) is 0 Å². The number of rotatable bonds is 18. The molecule has 0 aliphatic heterocycles. The number of allylic oxidation sites excluding steroid dienone is 2. The van der Waals surface area contributed by atoms with Gasteiger partial charge in [0.2, 0.25) is 0 Å². The van der Waals surface area contributed by atoms with E-state index in [1.807, 2.05) is 0 Å². The number of aliphatic carboxylic acids is 2. The molecule has 4 nitrogen and oxygen atoms in total. The number of carboxylic acid groups (broad SMARTS) is 2. The van der Waals surface area contributed by atoms with E-state index in [-0.39, 0.29) is 6.42 Å². The molecule has 4 heteroatoms. The van der Waals surface area contributed by atoms with Crippen LogP contribution in [0.1, 0.15) is 110 Å². The zero-order valence-corrected chi connectivity index (χ0v) is 16.9. The van der Waals surface area contributed by atoms with Gasteiger partial charge in [0.1, 0.15) is 0 Å². The van der Waals surface area contributed by atoms with Crippen LogP contribution in [0, 0.1) is 5.41 Å². The van der Waals surface area contributed by atoms with Crippen molar-refractivity contribution in [2.24, 2.45) is 5.41 Å². The maximum Gasteiger partial charge on any atom is 0.0470 e. The molecular formula is C22H38O4-2. The number of carboxylic acids is 2. The summed E-state index contributed by atoms with van der Waals surface area (Å²) in [5.74, 6) is -1.88. The van der Waals surface area contributed by atoms with E-state index in [1.54, 1.807) is 13.8 Å². The van der Waals surface area contributed by atoms with E-state index in [1.165, 1.54) is 38.5 Å². The fourth-order valence-electron chi connectivity index (χ4n) is 2.94. The largest absolute Gasteiger partial charge is 0.550 e. The summed E-state index contributed by atoms with van der Waals surface area (Å²) >= 11 is 0. The highest BCUT2D eigenvalue weighted by Gasteiger charge is 2.18. The molecule has 0 heterocycles. The highest BCUT2D eigenvalue weighted by molar-refractivity contribution is 5.71. The van der Waals surface area contributed by atoms with Crippen molar-refractivity contribution in [2.75, 3.05) is 0 Å². The summed E-state index contributed by atoms with van der Waals surface area (Å²) in [5.41, 5.74) is -0.696. The minimum absolute atomic E-state index is 0.195. The van der Waals surface area contributed by atoms with Crippen molar-refractivity contribution in [3.8, 4) is 0 Å². The molecule has 0 aromatic heterocycles. The maximum atomic E-state index is 10.9. The standard InChI is InChI=1S/C22H40O4/c1-22(2,21(25)26)19-17-15-13-11-9-7-5-3-4-6-8-10-12-14-16-18-20(23)24/h3,5H,4,6-19H2,1-2H3,(H,23,24)(H,25,26)/p-2/b5-3+. The summed E-state index contributed by atoms with van der Waals surface area (Å²) < 4.78 is 0. The molecule has 0 radical (unpaired) electrons. The monoisotopic (exact) mass is 366 g/mol. The second kappa shape index (κ2) is 15.9. The van der Waals surface area contributed by atoms with Crippen LogP contribution in [0.15, 0.2) is 12.2 Å². The van der Waals surface area contributed by atoms with Crippen LogP contribution in [0.4, 0.5) is 0 Å². The highest BCUT2D eigenvalue weighted by atomic mass is 16.4. The minimum atomic E-state index is -0.946. The van der Waals surface area contributed by atoms with Gasteiger partial charge in [-0.15, -0.1) is 0 Å². The first-order chi connectivity index (χ1) is 12.4. The third-order valence-electron chi connectivity index (χ3n) is 4.89. The van der Waals surface area contributed by atoms with Crippen LogP contribution in [0.3, 0.4) is 0 Å². The lowest BCUT2D eigenvalue weighted by Crippen LogP contribution is -2.37. The first-order valence-corrected chi connectivity index (χ1v) is 10.4. The van der Waals surface area contributed by atoms with Crippen molar-refractivity contribution in [1.29, 1.82) is 0 Å². The summed E-state index contributed by atoms with van der Waals surface area (Å²) in [4.78, 5) is 21.2. The Bertz CT molecular complexity index is 399. The highest BCUT2D eigenvalue weighted by Crippen LogP contribution is 2.23. The fourth-order valence-corrected chi connectivity index (χ4v) is 2.94. The summed E-state index contributed by atoms with van der Waals surface area (Å²) in [7, 11) is 0. The molecule has 0 aromatic carbocycles. The lowest BCUT2D eigenvalue weighted by molar-refractivity contribution is -0.318. The Morgan fingerprint density at radius 1 is 0.692 bits per heavy atom. The Hall–Kier alpha value is -1.32. The van der Waals surface area contributed by atoms with Crippen LogP contribution in [0.2, 0.25) is 0 Å². The third kappa shape index (κ3) is 16.2. The van der Waals surface area contributed by atoms with Crippen molar-refractivity contribution in [3.05, 3.63) is 12.2 Å². The van der Waals surface area contributed by atoms with Crippen molar-refractivity contribution in [2.45, 2.75) is 110 Å². The molecule has 0 atom stereocenters. The van der Waals surface area contributed by atoms with E-state index in [9.17, 15) is 19.8 Å². The zero-order valence-electron chi connectivity index (χ0n) is 16.9. The molecule has 26 heavy (non-hydrogen) atoms. The van der Waals surface area contributed by atoms with Crippen molar-refractivity contribution >= 4 is 11.9 Å². The molecule has 0 N–H and O–H groups in total. The maximum absolute atomic E-state index is 10.9. The van der Waals surface area contributed by atoms with Gasteiger partial charge in [0.05, 0.1) is 0 Å². The van der Waals surface area contributed by atoms with Gasteiger partial charge < -0.3 is 19.8 Å². The Kier molecular flexibility index (Phi) is 15.1. The molecule has 0 saturated heterocycles. The predicted molar refractivity (Wildman–Crippen MR) is 102 cm³/mol. The molecule has 0 aromatic rings. The van der Waals surface area contributed by atoms with Crippen LogP contribution in [-0.4, -0.2) is 11.9 Å². The normalized spacial score (nSPS) is 11.9. The topological polar surface area (TPSA) is 80.3 Å². The molecule has 0 fully saturated rings. The van der Waals surface area contributed by atoms with Crippen LogP contribution in [0.5, 0.6) is 0 Å². The Balaban J connectivity index is 3.27. The fraction of sp³-hybridized carbons (Fsp3) is 0.818. The first-order valence-electron chi connectivity index (χ1n) is 10.4. The lowest BCUT2D eigenvalue weighted by atomic mass is 9.87. The predicted octanol–water partition coefficient (Wildman–Crippen LogP) is 3.92. The zero-order chi connectivity index (χ0) is 19.7. The van der Waals surface area contributed by atoms with Gasteiger partial charge in [-0.25, -0.2) is 0 Å². The van der Waals surface area contributed by atoms with E-state index < -0.39 is 17.4 Å². The SMILES string of the molecule is CC(C)(CCCCCCC/C=C/CCCCCCCCC(=O)[O-])C(=O)[O-]. The lowest BCUT2D eigenvalue weighted by Gasteiger charge is -2.25. The molecule has 0 spiro atoms. The molecule has 0 rings (SSSR count). The summed E-state index contributed by atoms with van der Waals surface area (Å²) in [5, 5.41) is 21.2. The Morgan fingerprint density at radius 2 is 1.12 bits per heavy atom. The van der Waals surface area contributed by atoms with Crippen LogP contribution >= 0.6 is 0 Å². The molecule has 0 bridgehead atoms. The van der Waals surface area contributed by atoms with Gasteiger partial charge in [-0.3, -0.25) is 0 Å². The van der Waals surface area contributed by atoms with Crippen molar-refractivity contribution < 1.29 is 19.8 Å². The third-order valence-corrected chi connectivity index (χ3v) is 4.89. The summed E-state index contributed by atoms with van der Waals surface area (Å²) in [6, 6.07) is 0. The first kappa shape index (κ1) is 24.7. The van der Waals surface area contributed by atoms with E-state index in [4.69, 9.17) is 0 Å².